The molecule has 1 fully saturated rings. The second kappa shape index (κ2) is 5.29. The molecule has 1 aliphatic rings. The van der Waals surface area contributed by atoms with Gasteiger partial charge in [-0.15, -0.1) is 0 Å². The zero-order chi connectivity index (χ0) is 15.0. The first-order valence-electron chi connectivity index (χ1n) is 6.91. The number of nitrogen functional groups attached to an aromatic ring is 1. The zero-order valence-electron chi connectivity index (χ0n) is 12.3. The number of benzene rings is 1. The number of carbonyl (C=O) groups is 1. The minimum atomic E-state index is 0.0238. The summed E-state index contributed by atoms with van der Waals surface area (Å²) >= 11 is 0. The Hall–Kier alpha value is -2.21. The number of amides is 1. The first-order chi connectivity index (χ1) is 10.1. The highest BCUT2D eigenvalue weighted by molar-refractivity contribution is 6.08. The van der Waals surface area contributed by atoms with E-state index in [1.807, 2.05) is 34.8 Å². The van der Waals surface area contributed by atoms with Crippen molar-refractivity contribution in [3.63, 3.8) is 0 Å². The van der Waals surface area contributed by atoms with Crippen molar-refractivity contribution in [2.24, 2.45) is 7.05 Å². The van der Waals surface area contributed by atoms with Gasteiger partial charge in [0, 0.05) is 31.7 Å². The molecular weight excluding hydrogens is 270 g/mol. The van der Waals surface area contributed by atoms with E-state index in [-0.39, 0.29) is 5.91 Å². The Bertz CT molecular complexity index is 687. The number of anilines is 1. The molecule has 1 amide bonds. The minimum absolute atomic E-state index is 0.0238. The van der Waals surface area contributed by atoms with Crippen LogP contribution in [0.25, 0.3) is 10.9 Å². The largest absolute Gasteiger partial charge is 0.495 e. The molecule has 112 valence electrons. The van der Waals surface area contributed by atoms with Crippen LogP contribution in [0.4, 0.5) is 5.69 Å². The number of ether oxygens (including phenoxy) is 2. The number of hydrogen-bond acceptors (Lipinski definition) is 4. The van der Waals surface area contributed by atoms with Crippen molar-refractivity contribution >= 4 is 22.5 Å². The van der Waals surface area contributed by atoms with Crippen molar-refractivity contribution < 1.29 is 14.3 Å². The topological polar surface area (TPSA) is 69.7 Å². The summed E-state index contributed by atoms with van der Waals surface area (Å²) in [5.74, 6) is 0.612. The van der Waals surface area contributed by atoms with Crippen LogP contribution >= 0.6 is 0 Å². The number of carbonyl (C=O) groups excluding carboxylic acids is 1. The summed E-state index contributed by atoms with van der Waals surface area (Å²) in [4.78, 5) is 14.5. The number of aryl methyl sites for hydroxylation is 1. The Labute approximate surface area is 123 Å². The minimum Gasteiger partial charge on any atom is -0.495 e. The number of rotatable bonds is 2. The van der Waals surface area contributed by atoms with E-state index in [4.69, 9.17) is 15.2 Å². The van der Waals surface area contributed by atoms with Crippen LogP contribution in [0, 0.1) is 0 Å². The highest BCUT2D eigenvalue weighted by Crippen LogP contribution is 2.31. The number of nitrogens with zero attached hydrogens (tertiary/aromatic N) is 2. The molecule has 6 heteroatoms. The average Bonchev–Trinajstić information content (AvgIpc) is 2.83. The molecular formula is C15H19N3O3. The second-order valence-corrected chi connectivity index (χ2v) is 5.17. The molecule has 0 bridgehead atoms. The van der Waals surface area contributed by atoms with Gasteiger partial charge in [0.05, 0.1) is 37.1 Å². The van der Waals surface area contributed by atoms with Gasteiger partial charge < -0.3 is 24.7 Å². The first kappa shape index (κ1) is 13.8. The van der Waals surface area contributed by atoms with Crippen LogP contribution in [0.15, 0.2) is 18.3 Å². The molecule has 0 saturated carbocycles. The molecule has 1 aromatic carbocycles. The molecule has 6 nitrogen and oxygen atoms in total. The van der Waals surface area contributed by atoms with Gasteiger partial charge in [-0.3, -0.25) is 4.79 Å². The third-order valence-corrected chi connectivity index (χ3v) is 3.87. The zero-order valence-corrected chi connectivity index (χ0v) is 12.3. The molecule has 1 aliphatic heterocycles. The van der Waals surface area contributed by atoms with Gasteiger partial charge in [0.25, 0.3) is 5.91 Å². The molecule has 0 atom stereocenters. The maximum atomic E-state index is 12.7. The van der Waals surface area contributed by atoms with Crippen LogP contribution in [-0.2, 0) is 11.8 Å². The van der Waals surface area contributed by atoms with E-state index in [9.17, 15) is 4.79 Å². The normalized spacial score (nSPS) is 15.4. The first-order valence-corrected chi connectivity index (χ1v) is 6.91. The summed E-state index contributed by atoms with van der Waals surface area (Å²) in [5, 5.41) is 0.861. The summed E-state index contributed by atoms with van der Waals surface area (Å²) in [6, 6.07) is 3.67. The Morgan fingerprint density at radius 2 is 2.05 bits per heavy atom. The van der Waals surface area contributed by atoms with Crippen LogP contribution < -0.4 is 10.5 Å². The molecule has 2 aromatic rings. The standard InChI is InChI=1S/C15H19N3O3/c1-17-9-11(15(19)18-3-5-21-6-4-18)10-7-14(20-2)12(16)8-13(10)17/h7-9H,3-6,16H2,1-2H3. The predicted octanol–water partition coefficient (Wildman–Crippen LogP) is 1.24. The molecule has 0 spiro atoms. The van der Waals surface area contributed by atoms with Gasteiger partial charge in [-0.25, -0.2) is 0 Å². The Balaban J connectivity index is 2.07. The summed E-state index contributed by atoms with van der Waals surface area (Å²) < 4.78 is 12.5. The molecule has 1 saturated heterocycles. The lowest BCUT2D eigenvalue weighted by atomic mass is 10.1. The van der Waals surface area contributed by atoms with Gasteiger partial charge in [0.2, 0.25) is 0 Å². The van der Waals surface area contributed by atoms with Gasteiger partial charge in [-0.2, -0.15) is 0 Å². The second-order valence-electron chi connectivity index (χ2n) is 5.17. The van der Waals surface area contributed by atoms with Crippen LogP contribution in [-0.4, -0.2) is 48.8 Å². The Morgan fingerprint density at radius 1 is 1.33 bits per heavy atom. The fraction of sp³-hybridized carbons (Fsp3) is 0.400. The number of fused-ring (bicyclic) bond motifs is 1. The van der Waals surface area contributed by atoms with Gasteiger partial charge in [0.1, 0.15) is 5.75 Å². The van der Waals surface area contributed by atoms with Crippen LogP contribution in [0.5, 0.6) is 5.75 Å². The molecule has 0 unspecified atom stereocenters. The van der Waals surface area contributed by atoms with E-state index in [1.165, 1.54) is 0 Å². The molecule has 2 heterocycles. The van der Waals surface area contributed by atoms with Gasteiger partial charge in [0.15, 0.2) is 0 Å². The maximum absolute atomic E-state index is 12.7. The fourth-order valence-corrected chi connectivity index (χ4v) is 2.71. The van der Waals surface area contributed by atoms with Crippen LogP contribution in [0.2, 0.25) is 0 Å². The summed E-state index contributed by atoms with van der Waals surface area (Å²) in [6.07, 6.45) is 1.85. The van der Waals surface area contributed by atoms with E-state index >= 15 is 0 Å². The lowest BCUT2D eigenvalue weighted by Crippen LogP contribution is -2.40. The number of methoxy groups -OCH3 is 1. The summed E-state index contributed by atoms with van der Waals surface area (Å²) in [5.41, 5.74) is 8.11. The monoisotopic (exact) mass is 289 g/mol. The Morgan fingerprint density at radius 3 is 2.71 bits per heavy atom. The molecule has 0 radical (unpaired) electrons. The predicted molar refractivity (Wildman–Crippen MR) is 80.6 cm³/mol. The van der Waals surface area contributed by atoms with Crippen molar-refractivity contribution in [1.82, 2.24) is 9.47 Å². The average molecular weight is 289 g/mol. The fourth-order valence-electron chi connectivity index (χ4n) is 2.71. The SMILES string of the molecule is COc1cc2c(C(=O)N3CCOCC3)cn(C)c2cc1N. The lowest BCUT2D eigenvalue weighted by Gasteiger charge is -2.26. The van der Waals surface area contributed by atoms with Crippen molar-refractivity contribution in [3.8, 4) is 5.75 Å². The molecule has 2 N–H and O–H groups in total. The van der Waals surface area contributed by atoms with E-state index in [2.05, 4.69) is 0 Å². The Kier molecular flexibility index (Phi) is 3.47. The van der Waals surface area contributed by atoms with Gasteiger partial charge in [-0.05, 0) is 12.1 Å². The number of hydrogen-bond donors (Lipinski definition) is 1. The van der Waals surface area contributed by atoms with E-state index in [1.54, 1.807) is 7.11 Å². The highest BCUT2D eigenvalue weighted by atomic mass is 16.5. The van der Waals surface area contributed by atoms with E-state index in [0.29, 0.717) is 43.3 Å². The lowest BCUT2D eigenvalue weighted by molar-refractivity contribution is 0.0304. The molecule has 3 rings (SSSR count). The number of morpholine rings is 1. The summed E-state index contributed by atoms with van der Waals surface area (Å²) in [7, 11) is 3.48. The molecule has 21 heavy (non-hydrogen) atoms. The third kappa shape index (κ3) is 2.31. The molecule has 0 aliphatic carbocycles. The van der Waals surface area contributed by atoms with Crippen molar-refractivity contribution in [2.75, 3.05) is 39.1 Å². The van der Waals surface area contributed by atoms with Gasteiger partial charge >= 0.3 is 0 Å². The van der Waals surface area contributed by atoms with Crippen molar-refractivity contribution in [1.29, 1.82) is 0 Å². The van der Waals surface area contributed by atoms with Crippen molar-refractivity contribution in [3.05, 3.63) is 23.9 Å². The quantitative estimate of drug-likeness (QED) is 0.845. The third-order valence-electron chi connectivity index (χ3n) is 3.87. The number of aromatic nitrogens is 1. The van der Waals surface area contributed by atoms with E-state index in [0.717, 1.165) is 10.9 Å². The maximum Gasteiger partial charge on any atom is 0.256 e. The van der Waals surface area contributed by atoms with Crippen LogP contribution in [0.3, 0.4) is 0 Å². The smallest absolute Gasteiger partial charge is 0.256 e. The van der Waals surface area contributed by atoms with Crippen LogP contribution in [0.1, 0.15) is 10.4 Å². The van der Waals surface area contributed by atoms with Gasteiger partial charge in [-0.1, -0.05) is 0 Å². The van der Waals surface area contributed by atoms with E-state index < -0.39 is 0 Å². The highest BCUT2D eigenvalue weighted by Gasteiger charge is 2.22. The molecule has 1 aromatic heterocycles. The van der Waals surface area contributed by atoms with Crippen molar-refractivity contribution in [2.45, 2.75) is 0 Å². The number of nitrogens with two attached hydrogens (primary N) is 1. The summed E-state index contributed by atoms with van der Waals surface area (Å²) in [6.45, 7) is 2.43.